The molecule has 0 aliphatic heterocycles. The van der Waals surface area contributed by atoms with Crippen molar-refractivity contribution in [2.45, 2.75) is 84.6 Å². The van der Waals surface area contributed by atoms with Crippen molar-refractivity contribution in [3.8, 4) is 0 Å². The van der Waals surface area contributed by atoms with E-state index in [0.717, 1.165) is 32.1 Å². The number of nitrogens with one attached hydrogen (secondary N) is 1. The molecule has 2 atom stereocenters. The number of thiocarbonyl (C=S) groups is 1. The van der Waals surface area contributed by atoms with Gasteiger partial charge in [-0.1, -0.05) is 65.1 Å². The van der Waals surface area contributed by atoms with Gasteiger partial charge in [0, 0.05) is 6.04 Å². The number of hydrogen-bond donors (Lipinski definition) is 2. The van der Waals surface area contributed by atoms with Crippen LogP contribution in [0.5, 0.6) is 0 Å². The second-order valence-electron chi connectivity index (χ2n) is 6.64. The molecule has 0 bridgehead atoms. The van der Waals surface area contributed by atoms with Gasteiger partial charge >= 0.3 is 0 Å². The van der Waals surface area contributed by atoms with E-state index in [1.54, 1.807) is 0 Å². The smallest absolute Gasteiger partial charge is 0.233 e. The van der Waals surface area contributed by atoms with Crippen molar-refractivity contribution in [3.63, 3.8) is 0 Å². The van der Waals surface area contributed by atoms with Crippen LogP contribution in [0, 0.1) is 11.3 Å². The molecule has 1 aliphatic carbocycles. The fraction of sp³-hybridized carbons (Fsp3) is 0.882. The van der Waals surface area contributed by atoms with Gasteiger partial charge in [0.15, 0.2) is 0 Å². The van der Waals surface area contributed by atoms with Crippen LogP contribution in [0.2, 0.25) is 0 Å². The van der Waals surface area contributed by atoms with Crippen LogP contribution in [-0.2, 0) is 4.79 Å². The number of rotatable bonds is 7. The second-order valence-corrected chi connectivity index (χ2v) is 7.08. The molecule has 2 unspecified atom stereocenters. The number of hydrogen-bond acceptors (Lipinski definition) is 2. The molecule has 1 aliphatic rings. The molecule has 21 heavy (non-hydrogen) atoms. The van der Waals surface area contributed by atoms with E-state index >= 15 is 0 Å². The summed E-state index contributed by atoms with van der Waals surface area (Å²) >= 11 is 5.28. The molecule has 0 aromatic carbocycles. The summed E-state index contributed by atoms with van der Waals surface area (Å²) in [7, 11) is 0. The highest BCUT2D eigenvalue weighted by molar-refractivity contribution is 7.80. The summed E-state index contributed by atoms with van der Waals surface area (Å²) < 4.78 is 0. The minimum Gasteiger partial charge on any atom is -0.392 e. The molecule has 0 aromatic rings. The zero-order chi connectivity index (χ0) is 15.9. The minimum absolute atomic E-state index is 0.0671. The Labute approximate surface area is 135 Å². The number of nitrogens with two attached hydrogens (primary N) is 1. The van der Waals surface area contributed by atoms with Gasteiger partial charge in [-0.25, -0.2) is 0 Å². The number of carbonyl (C=O) groups excluding carboxylic acids is 1. The van der Waals surface area contributed by atoms with Gasteiger partial charge in [0.1, 0.15) is 0 Å². The Kier molecular flexibility index (Phi) is 7.64. The van der Waals surface area contributed by atoms with Crippen molar-refractivity contribution < 1.29 is 4.79 Å². The lowest BCUT2D eigenvalue weighted by Gasteiger charge is -2.34. The molecule has 1 fully saturated rings. The molecule has 3 N–H and O–H groups in total. The highest BCUT2D eigenvalue weighted by Crippen LogP contribution is 2.32. The summed E-state index contributed by atoms with van der Waals surface area (Å²) in [6.45, 7) is 6.42. The van der Waals surface area contributed by atoms with E-state index in [4.69, 9.17) is 18.0 Å². The lowest BCUT2D eigenvalue weighted by atomic mass is 9.77. The van der Waals surface area contributed by atoms with Crippen molar-refractivity contribution in [3.05, 3.63) is 0 Å². The van der Waals surface area contributed by atoms with E-state index in [1.807, 2.05) is 0 Å². The van der Waals surface area contributed by atoms with Gasteiger partial charge in [0.25, 0.3) is 0 Å². The average Bonchev–Trinajstić information content (AvgIpc) is 2.63. The van der Waals surface area contributed by atoms with E-state index in [2.05, 4.69) is 26.1 Å². The second kappa shape index (κ2) is 8.72. The van der Waals surface area contributed by atoms with E-state index in [0.29, 0.717) is 10.9 Å². The van der Waals surface area contributed by atoms with E-state index in [1.165, 1.54) is 25.7 Å². The van der Waals surface area contributed by atoms with Crippen molar-refractivity contribution >= 4 is 23.1 Å². The van der Waals surface area contributed by atoms with Crippen LogP contribution in [0.1, 0.15) is 78.6 Å². The Morgan fingerprint density at radius 1 is 1.19 bits per heavy atom. The molecule has 1 amide bonds. The fourth-order valence-electron chi connectivity index (χ4n) is 3.58. The molecule has 0 heterocycles. The quantitative estimate of drug-likeness (QED) is 0.553. The maximum absolute atomic E-state index is 12.9. The maximum Gasteiger partial charge on any atom is 0.233 e. The first-order chi connectivity index (χ1) is 9.97. The van der Waals surface area contributed by atoms with Gasteiger partial charge in [0.05, 0.1) is 10.4 Å². The Morgan fingerprint density at radius 2 is 1.76 bits per heavy atom. The molecule has 4 heteroatoms. The fourth-order valence-corrected chi connectivity index (χ4v) is 3.87. The van der Waals surface area contributed by atoms with Gasteiger partial charge < -0.3 is 11.1 Å². The summed E-state index contributed by atoms with van der Waals surface area (Å²) in [5.41, 5.74) is 5.34. The molecule has 0 saturated heterocycles. The van der Waals surface area contributed by atoms with Crippen LogP contribution < -0.4 is 11.1 Å². The zero-order valence-electron chi connectivity index (χ0n) is 13.9. The first-order valence-electron chi connectivity index (χ1n) is 8.58. The van der Waals surface area contributed by atoms with Crippen LogP contribution in [0.3, 0.4) is 0 Å². The maximum atomic E-state index is 12.9. The highest BCUT2D eigenvalue weighted by atomic mass is 32.1. The summed E-state index contributed by atoms with van der Waals surface area (Å²) in [6.07, 6.45) is 9.39. The molecule has 122 valence electrons. The van der Waals surface area contributed by atoms with Gasteiger partial charge in [-0.2, -0.15) is 0 Å². The third kappa shape index (κ3) is 4.67. The predicted octanol–water partition coefficient (Wildman–Crippen LogP) is 3.94. The van der Waals surface area contributed by atoms with E-state index < -0.39 is 5.41 Å². The third-order valence-corrected chi connectivity index (χ3v) is 5.33. The summed E-state index contributed by atoms with van der Waals surface area (Å²) in [6, 6.07) is 0.280. The molecule has 1 rings (SSSR count). The van der Waals surface area contributed by atoms with Gasteiger partial charge in [0.2, 0.25) is 5.91 Å². The van der Waals surface area contributed by atoms with Crippen LogP contribution >= 0.6 is 12.2 Å². The molecule has 0 aromatic heterocycles. The first kappa shape index (κ1) is 18.4. The highest BCUT2D eigenvalue weighted by Gasteiger charge is 2.41. The molecule has 3 nitrogen and oxygen atoms in total. The summed E-state index contributed by atoms with van der Waals surface area (Å²) in [5, 5.41) is 3.29. The molecule has 0 radical (unpaired) electrons. The van der Waals surface area contributed by atoms with E-state index in [9.17, 15) is 4.79 Å². The molecular weight excluding hydrogens is 280 g/mol. The zero-order valence-corrected chi connectivity index (χ0v) is 14.7. The average molecular weight is 313 g/mol. The van der Waals surface area contributed by atoms with Crippen LogP contribution in [0.25, 0.3) is 0 Å². The number of carbonyl (C=O) groups is 1. The predicted molar refractivity (Wildman–Crippen MR) is 93.2 cm³/mol. The summed E-state index contributed by atoms with van der Waals surface area (Å²) in [4.78, 5) is 13.3. The molecular formula is C17H32N2OS. The molecule has 0 spiro atoms. The van der Waals surface area contributed by atoms with Crippen LogP contribution in [0.15, 0.2) is 0 Å². The van der Waals surface area contributed by atoms with Crippen molar-refractivity contribution in [2.24, 2.45) is 17.1 Å². The lowest BCUT2D eigenvalue weighted by molar-refractivity contribution is -0.129. The van der Waals surface area contributed by atoms with Crippen LogP contribution in [0.4, 0.5) is 0 Å². The Morgan fingerprint density at radius 3 is 2.29 bits per heavy atom. The first-order valence-corrected chi connectivity index (χ1v) is 8.99. The normalized spacial score (nSPS) is 23.4. The Balaban J connectivity index is 2.86. The van der Waals surface area contributed by atoms with Crippen molar-refractivity contribution in [1.82, 2.24) is 5.32 Å². The van der Waals surface area contributed by atoms with Gasteiger partial charge in [-0.05, 0) is 31.6 Å². The van der Waals surface area contributed by atoms with Crippen LogP contribution in [-0.4, -0.2) is 16.9 Å². The topological polar surface area (TPSA) is 55.1 Å². The monoisotopic (exact) mass is 312 g/mol. The SMILES string of the molecule is CCCC(CCC)(C(=O)NC1CCCCCC1C)C(N)=S. The Hall–Kier alpha value is -0.640. The van der Waals surface area contributed by atoms with E-state index in [-0.39, 0.29) is 11.9 Å². The van der Waals surface area contributed by atoms with Crippen molar-refractivity contribution in [1.29, 1.82) is 0 Å². The lowest BCUT2D eigenvalue weighted by Crippen LogP contribution is -2.52. The summed E-state index contributed by atoms with van der Waals surface area (Å²) in [5.74, 6) is 0.612. The number of amides is 1. The minimum atomic E-state index is -0.648. The van der Waals surface area contributed by atoms with Crippen molar-refractivity contribution in [2.75, 3.05) is 0 Å². The third-order valence-electron chi connectivity index (χ3n) is 4.94. The largest absolute Gasteiger partial charge is 0.392 e. The Bertz CT molecular complexity index is 351. The standard InChI is InChI=1S/C17H32N2OS/c1-4-11-17(12-5-2,15(18)21)16(20)19-14-10-8-6-7-9-13(14)3/h13-14H,4-12H2,1-3H3,(H2,18,21)(H,19,20). The van der Waals surface area contributed by atoms with Gasteiger partial charge in [-0.15, -0.1) is 0 Å². The molecule has 1 saturated carbocycles. The van der Waals surface area contributed by atoms with Gasteiger partial charge in [-0.3, -0.25) is 4.79 Å².